The Morgan fingerprint density at radius 2 is 2.05 bits per heavy atom. The zero-order valence-corrected chi connectivity index (χ0v) is 13.7. The number of benzene rings is 1. The quantitative estimate of drug-likeness (QED) is 0.699. The molecule has 1 aromatic rings. The Hall–Kier alpha value is -1.22. The van der Waals surface area contributed by atoms with Crippen LogP contribution in [0.25, 0.3) is 0 Å². The molecule has 1 heterocycles. The highest BCUT2D eigenvalue weighted by Gasteiger charge is 2.32. The lowest BCUT2D eigenvalue weighted by Gasteiger charge is -2.18. The third-order valence-corrected chi connectivity index (χ3v) is 3.74. The van der Waals surface area contributed by atoms with Crippen molar-refractivity contribution in [2.45, 2.75) is 58.5 Å². The minimum atomic E-state index is -0.104. The van der Waals surface area contributed by atoms with Crippen LogP contribution in [-0.4, -0.2) is 25.3 Å². The number of hydrogen-bond donors (Lipinski definition) is 1. The Morgan fingerprint density at radius 3 is 2.86 bits per heavy atom. The van der Waals surface area contributed by atoms with Gasteiger partial charge in [-0.2, -0.15) is 0 Å². The number of fused-ring (bicyclic) bond motifs is 1. The predicted molar refractivity (Wildman–Crippen MR) is 87.4 cm³/mol. The zero-order chi connectivity index (χ0) is 15.1. The first-order valence-electron chi connectivity index (χ1n) is 8.27. The number of rotatable bonds is 9. The van der Waals surface area contributed by atoms with Crippen LogP contribution in [-0.2, 0) is 6.42 Å². The molecule has 0 bridgehead atoms. The summed E-state index contributed by atoms with van der Waals surface area (Å²) in [6, 6.07) is 6.22. The van der Waals surface area contributed by atoms with E-state index in [1.54, 1.807) is 0 Å². The Labute approximate surface area is 129 Å². The third-order valence-electron chi connectivity index (χ3n) is 3.74. The Balaban J connectivity index is 1.70. The van der Waals surface area contributed by atoms with Gasteiger partial charge in [0.2, 0.25) is 0 Å². The third kappa shape index (κ3) is 4.92. The lowest BCUT2D eigenvalue weighted by Crippen LogP contribution is -2.24. The van der Waals surface area contributed by atoms with Gasteiger partial charge >= 0.3 is 0 Å². The van der Waals surface area contributed by atoms with Gasteiger partial charge in [-0.25, -0.2) is 0 Å². The van der Waals surface area contributed by atoms with Gasteiger partial charge in [-0.05, 0) is 58.7 Å². The van der Waals surface area contributed by atoms with Crippen LogP contribution < -0.4 is 14.8 Å². The van der Waals surface area contributed by atoms with Crippen molar-refractivity contribution in [3.8, 4) is 11.5 Å². The van der Waals surface area contributed by atoms with Crippen LogP contribution >= 0.6 is 0 Å². The van der Waals surface area contributed by atoms with Crippen molar-refractivity contribution in [1.29, 1.82) is 0 Å². The van der Waals surface area contributed by atoms with Gasteiger partial charge in [0.1, 0.15) is 5.60 Å². The lowest BCUT2D eigenvalue weighted by atomic mass is 10.0. The second kappa shape index (κ2) is 7.69. The maximum Gasteiger partial charge on any atom is 0.165 e. The van der Waals surface area contributed by atoms with Crippen molar-refractivity contribution in [2.75, 3.05) is 19.7 Å². The number of unbranched alkanes of at least 4 members (excludes halogenated alkanes) is 2. The standard InChI is InChI=1S/C18H29NO2/c1-4-11-19-12-6-5-7-13-20-16-10-8-9-15-14-18(2,3)21-17(15)16/h8-10,19H,4-7,11-14H2,1-3H3. The first kappa shape index (κ1) is 16.2. The van der Waals surface area contributed by atoms with Crippen molar-refractivity contribution in [2.24, 2.45) is 0 Å². The van der Waals surface area contributed by atoms with Crippen LogP contribution in [0, 0.1) is 0 Å². The van der Waals surface area contributed by atoms with Gasteiger partial charge in [-0.1, -0.05) is 19.1 Å². The molecule has 0 radical (unpaired) electrons. The van der Waals surface area contributed by atoms with Crippen LogP contribution in [0.15, 0.2) is 18.2 Å². The molecule has 3 heteroatoms. The molecule has 21 heavy (non-hydrogen) atoms. The molecule has 3 nitrogen and oxygen atoms in total. The van der Waals surface area contributed by atoms with Crippen LogP contribution in [0.5, 0.6) is 11.5 Å². The van der Waals surface area contributed by atoms with Crippen LogP contribution in [0.3, 0.4) is 0 Å². The number of hydrogen-bond acceptors (Lipinski definition) is 3. The summed E-state index contributed by atoms with van der Waals surface area (Å²) < 4.78 is 11.9. The molecular weight excluding hydrogens is 262 g/mol. The summed E-state index contributed by atoms with van der Waals surface area (Å²) in [7, 11) is 0. The predicted octanol–water partition coefficient (Wildman–Crippen LogP) is 3.95. The second-order valence-electron chi connectivity index (χ2n) is 6.44. The molecule has 0 aliphatic carbocycles. The first-order valence-corrected chi connectivity index (χ1v) is 8.27. The van der Waals surface area contributed by atoms with E-state index in [1.807, 2.05) is 6.07 Å². The molecule has 1 N–H and O–H groups in total. The number of nitrogens with one attached hydrogen (secondary N) is 1. The topological polar surface area (TPSA) is 30.5 Å². The second-order valence-corrected chi connectivity index (χ2v) is 6.44. The molecule has 0 fully saturated rings. The maximum absolute atomic E-state index is 6.01. The fraction of sp³-hybridized carbons (Fsp3) is 0.667. The van der Waals surface area contributed by atoms with Crippen LogP contribution in [0.2, 0.25) is 0 Å². The van der Waals surface area contributed by atoms with E-state index in [0.29, 0.717) is 0 Å². The smallest absolute Gasteiger partial charge is 0.165 e. The SMILES string of the molecule is CCCNCCCCCOc1cccc2c1OC(C)(C)C2. The summed E-state index contributed by atoms with van der Waals surface area (Å²) in [5.41, 5.74) is 1.16. The maximum atomic E-state index is 6.01. The molecule has 1 aliphatic heterocycles. The fourth-order valence-corrected chi connectivity index (χ4v) is 2.71. The van der Waals surface area contributed by atoms with E-state index in [1.165, 1.54) is 24.8 Å². The van der Waals surface area contributed by atoms with Crippen molar-refractivity contribution in [1.82, 2.24) is 5.32 Å². The van der Waals surface area contributed by atoms with Gasteiger partial charge in [0.15, 0.2) is 11.5 Å². The van der Waals surface area contributed by atoms with Crippen molar-refractivity contribution < 1.29 is 9.47 Å². The Kier molecular flexibility index (Phi) is 5.92. The molecule has 0 saturated carbocycles. The van der Waals surface area contributed by atoms with Gasteiger partial charge in [-0.3, -0.25) is 0 Å². The van der Waals surface area contributed by atoms with E-state index in [0.717, 1.165) is 44.0 Å². The van der Waals surface area contributed by atoms with E-state index in [9.17, 15) is 0 Å². The summed E-state index contributed by atoms with van der Waals surface area (Å²) in [6.07, 6.45) is 5.69. The molecule has 118 valence electrons. The minimum absolute atomic E-state index is 0.104. The van der Waals surface area contributed by atoms with Crippen molar-refractivity contribution in [3.05, 3.63) is 23.8 Å². The highest BCUT2D eigenvalue weighted by molar-refractivity contribution is 5.50. The summed E-state index contributed by atoms with van der Waals surface area (Å²) in [5.74, 6) is 1.86. The molecular formula is C18H29NO2. The van der Waals surface area contributed by atoms with E-state index >= 15 is 0 Å². The van der Waals surface area contributed by atoms with Gasteiger partial charge in [0.05, 0.1) is 6.61 Å². The fourth-order valence-electron chi connectivity index (χ4n) is 2.71. The van der Waals surface area contributed by atoms with Gasteiger partial charge in [0, 0.05) is 12.0 Å². The summed E-state index contributed by atoms with van der Waals surface area (Å²) in [4.78, 5) is 0. The van der Waals surface area contributed by atoms with E-state index in [2.05, 4.69) is 38.2 Å². The molecule has 2 rings (SSSR count). The highest BCUT2D eigenvalue weighted by atomic mass is 16.5. The first-order chi connectivity index (χ1) is 10.1. The zero-order valence-electron chi connectivity index (χ0n) is 13.7. The average molecular weight is 291 g/mol. The van der Waals surface area contributed by atoms with Gasteiger partial charge in [-0.15, -0.1) is 0 Å². The summed E-state index contributed by atoms with van der Waals surface area (Å²) >= 11 is 0. The Morgan fingerprint density at radius 1 is 1.19 bits per heavy atom. The van der Waals surface area contributed by atoms with E-state index in [4.69, 9.17) is 9.47 Å². The van der Waals surface area contributed by atoms with E-state index in [-0.39, 0.29) is 5.60 Å². The minimum Gasteiger partial charge on any atom is -0.490 e. The molecule has 1 aromatic carbocycles. The molecule has 0 atom stereocenters. The van der Waals surface area contributed by atoms with Crippen molar-refractivity contribution >= 4 is 0 Å². The molecule has 0 spiro atoms. The molecule has 0 saturated heterocycles. The van der Waals surface area contributed by atoms with Gasteiger partial charge < -0.3 is 14.8 Å². The largest absolute Gasteiger partial charge is 0.490 e. The summed E-state index contributed by atoms with van der Waals surface area (Å²) in [5, 5.41) is 3.43. The summed E-state index contributed by atoms with van der Waals surface area (Å²) in [6.45, 7) is 9.46. The molecule has 1 aliphatic rings. The molecule has 0 aromatic heterocycles. The van der Waals surface area contributed by atoms with Crippen molar-refractivity contribution in [3.63, 3.8) is 0 Å². The van der Waals surface area contributed by atoms with E-state index < -0.39 is 0 Å². The molecule has 0 amide bonds. The van der Waals surface area contributed by atoms with Crippen LogP contribution in [0.4, 0.5) is 0 Å². The molecule has 0 unspecified atom stereocenters. The highest BCUT2D eigenvalue weighted by Crippen LogP contribution is 2.41. The normalized spacial score (nSPS) is 15.6. The van der Waals surface area contributed by atoms with Gasteiger partial charge in [0.25, 0.3) is 0 Å². The Bertz CT molecular complexity index is 443. The lowest BCUT2D eigenvalue weighted by molar-refractivity contribution is 0.132. The number of para-hydroxylation sites is 1. The van der Waals surface area contributed by atoms with Crippen LogP contribution in [0.1, 0.15) is 52.0 Å². The monoisotopic (exact) mass is 291 g/mol. The average Bonchev–Trinajstić information content (AvgIpc) is 2.76. The number of ether oxygens (including phenoxy) is 2.